The number of aryl methyl sites for hydroxylation is 3. The minimum atomic E-state index is -0.385. The number of anilines is 1. The van der Waals surface area contributed by atoms with Crippen LogP contribution >= 0.6 is 11.6 Å². The molecule has 0 aliphatic heterocycles. The Labute approximate surface area is 216 Å². The zero-order valence-electron chi connectivity index (χ0n) is 21.4. The molecule has 5 nitrogen and oxygen atoms in total. The van der Waals surface area contributed by atoms with Crippen molar-refractivity contribution in [3.05, 3.63) is 92.1 Å². The van der Waals surface area contributed by atoms with Crippen molar-refractivity contribution in [1.29, 1.82) is 0 Å². The topological polar surface area (TPSA) is 68.5 Å². The summed E-state index contributed by atoms with van der Waals surface area (Å²) in [6.07, 6.45) is 0. The second kappa shape index (κ2) is 9.82. The maximum Gasteiger partial charge on any atom is 0.262 e. The van der Waals surface area contributed by atoms with Gasteiger partial charge >= 0.3 is 0 Å². The Morgan fingerprint density at radius 1 is 0.972 bits per heavy atom. The third kappa shape index (κ3) is 5.31. The predicted molar refractivity (Wildman–Crippen MR) is 146 cm³/mol. The number of halogens is 1. The summed E-state index contributed by atoms with van der Waals surface area (Å²) in [5.41, 5.74) is 5.58. The van der Waals surface area contributed by atoms with Crippen molar-refractivity contribution < 1.29 is 13.9 Å². The van der Waals surface area contributed by atoms with Gasteiger partial charge in [-0.25, -0.2) is 0 Å². The molecule has 0 spiro atoms. The van der Waals surface area contributed by atoms with Gasteiger partial charge in [-0.1, -0.05) is 74.3 Å². The highest BCUT2D eigenvalue weighted by Gasteiger charge is 2.21. The Morgan fingerprint density at radius 2 is 1.61 bits per heavy atom. The lowest BCUT2D eigenvalue weighted by Gasteiger charge is -2.19. The van der Waals surface area contributed by atoms with Crippen LogP contribution in [0.2, 0.25) is 5.02 Å². The number of amides is 1. The largest absolute Gasteiger partial charge is 0.476 e. The van der Waals surface area contributed by atoms with Crippen molar-refractivity contribution >= 4 is 34.2 Å². The van der Waals surface area contributed by atoms with Gasteiger partial charge in [0.2, 0.25) is 11.2 Å². The molecule has 1 N–H and O–H groups in total. The summed E-state index contributed by atoms with van der Waals surface area (Å²) in [7, 11) is 0. The van der Waals surface area contributed by atoms with Gasteiger partial charge in [-0.15, -0.1) is 0 Å². The van der Waals surface area contributed by atoms with Crippen LogP contribution in [0.25, 0.3) is 22.3 Å². The van der Waals surface area contributed by atoms with Crippen LogP contribution in [0, 0.1) is 20.8 Å². The minimum absolute atomic E-state index is 0.0246. The molecule has 4 rings (SSSR count). The summed E-state index contributed by atoms with van der Waals surface area (Å²) in [5, 5.41) is 3.61. The lowest BCUT2D eigenvalue weighted by molar-refractivity contribution is -0.118. The van der Waals surface area contributed by atoms with Crippen LogP contribution in [-0.2, 0) is 10.2 Å². The van der Waals surface area contributed by atoms with E-state index in [0.29, 0.717) is 16.2 Å². The number of hydrogen-bond donors (Lipinski definition) is 1. The molecule has 0 saturated carbocycles. The molecule has 0 bridgehead atoms. The average Bonchev–Trinajstić information content (AvgIpc) is 2.80. The highest BCUT2D eigenvalue weighted by Crippen LogP contribution is 2.33. The van der Waals surface area contributed by atoms with Crippen LogP contribution in [0.3, 0.4) is 0 Å². The average molecular weight is 504 g/mol. The highest BCUT2D eigenvalue weighted by atomic mass is 35.5. The number of nitrogens with one attached hydrogen (secondary N) is 1. The van der Waals surface area contributed by atoms with Crippen LogP contribution in [0.4, 0.5) is 5.69 Å². The Kier molecular flexibility index (Phi) is 6.96. The summed E-state index contributed by atoms with van der Waals surface area (Å²) in [5.74, 6) is -0.128. The van der Waals surface area contributed by atoms with Crippen LogP contribution in [0.15, 0.2) is 63.8 Å². The molecule has 0 radical (unpaired) electrons. The number of hydrogen-bond acceptors (Lipinski definition) is 4. The molecule has 1 heterocycles. The van der Waals surface area contributed by atoms with Gasteiger partial charge < -0.3 is 14.5 Å². The van der Waals surface area contributed by atoms with Crippen molar-refractivity contribution in [2.24, 2.45) is 0 Å². The molecule has 3 aromatic carbocycles. The van der Waals surface area contributed by atoms with Crippen LogP contribution < -0.4 is 15.5 Å². The van der Waals surface area contributed by atoms with Gasteiger partial charge in [0.1, 0.15) is 5.58 Å². The Balaban J connectivity index is 1.71. The first kappa shape index (κ1) is 25.5. The minimum Gasteiger partial charge on any atom is -0.476 e. The quantitative estimate of drug-likeness (QED) is 0.309. The van der Waals surface area contributed by atoms with E-state index in [4.69, 9.17) is 20.8 Å². The maximum atomic E-state index is 13.4. The van der Waals surface area contributed by atoms with E-state index < -0.39 is 0 Å². The molecule has 6 heteroatoms. The lowest BCUT2D eigenvalue weighted by Crippen LogP contribution is -2.23. The molecule has 1 aromatic heterocycles. The number of ether oxygens (including phenoxy) is 1. The van der Waals surface area contributed by atoms with Gasteiger partial charge in [-0.2, -0.15) is 0 Å². The van der Waals surface area contributed by atoms with Crippen molar-refractivity contribution in [3.63, 3.8) is 0 Å². The van der Waals surface area contributed by atoms with Crippen LogP contribution in [0.5, 0.6) is 5.75 Å². The van der Waals surface area contributed by atoms with Gasteiger partial charge in [0.15, 0.2) is 12.4 Å². The molecule has 0 atom stereocenters. The third-order valence-electron chi connectivity index (χ3n) is 6.11. The first-order chi connectivity index (χ1) is 16.9. The molecule has 0 fully saturated rings. The summed E-state index contributed by atoms with van der Waals surface area (Å²) >= 11 is 6.13. The summed E-state index contributed by atoms with van der Waals surface area (Å²) < 4.78 is 12.0. The van der Waals surface area contributed by atoms with Crippen molar-refractivity contribution in [2.45, 2.75) is 47.0 Å². The molecular weight excluding hydrogens is 474 g/mol. The molecule has 0 unspecified atom stereocenters. The fourth-order valence-electron chi connectivity index (χ4n) is 4.28. The van der Waals surface area contributed by atoms with Gasteiger partial charge in [-0.3, -0.25) is 9.59 Å². The summed E-state index contributed by atoms with van der Waals surface area (Å²) in [6, 6.07) is 16.7. The second-order valence-electron chi connectivity index (χ2n) is 10.2. The number of benzene rings is 3. The van der Waals surface area contributed by atoms with E-state index in [0.717, 1.165) is 27.9 Å². The van der Waals surface area contributed by atoms with E-state index in [-0.39, 0.29) is 40.3 Å². The molecule has 1 amide bonds. The van der Waals surface area contributed by atoms with E-state index in [1.165, 1.54) is 0 Å². The molecule has 36 heavy (non-hydrogen) atoms. The van der Waals surface area contributed by atoms with Crippen LogP contribution in [0.1, 0.15) is 43.0 Å². The number of rotatable bonds is 5. The van der Waals surface area contributed by atoms with Gasteiger partial charge in [0, 0.05) is 16.3 Å². The second-order valence-corrected chi connectivity index (χ2v) is 10.6. The lowest BCUT2D eigenvalue weighted by atomic mass is 9.86. The zero-order valence-corrected chi connectivity index (χ0v) is 22.2. The molecular formula is C30H30ClNO4. The Bertz CT molecular complexity index is 1490. The predicted octanol–water partition coefficient (Wildman–Crippen LogP) is 7.35. The fraction of sp³-hybridized carbons (Fsp3) is 0.267. The Hall–Kier alpha value is -3.57. The SMILES string of the molecule is Cc1cc(C)c(NC(=O)COc2c(-c3ccc(C(C)(C)C)cc3)oc3ccc(Cl)cc3c2=O)c(C)c1. The third-order valence-corrected chi connectivity index (χ3v) is 6.35. The van der Waals surface area contributed by atoms with Gasteiger partial charge in [-0.05, 0) is 61.1 Å². The van der Waals surface area contributed by atoms with E-state index in [1.54, 1.807) is 18.2 Å². The molecule has 0 saturated heterocycles. The van der Waals surface area contributed by atoms with E-state index in [2.05, 4.69) is 26.1 Å². The Morgan fingerprint density at radius 3 is 2.22 bits per heavy atom. The van der Waals surface area contributed by atoms with E-state index >= 15 is 0 Å². The standard InChI is InChI=1S/C30H30ClNO4/c1-17-13-18(2)26(19(3)14-17)32-25(33)16-35-29-27(34)23-15-22(31)11-12-24(23)36-28(29)20-7-9-21(10-8-20)30(4,5)6/h7-15H,16H2,1-6H3,(H,32,33). The molecule has 0 aliphatic carbocycles. The molecule has 0 aliphatic rings. The van der Waals surface area contributed by atoms with Gasteiger partial charge in [0.25, 0.3) is 5.91 Å². The monoisotopic (exact) mass is 503 g/mol. The van der Waals surface area contributed by atoms with Gasteiger partial charge in [0.05, 0.1) is 5.39 Å². The molecule has 186 valence electrons. The maximum absolute atomic E-state index is 13.4. The summed E-state index contributed by atoms with van der Waals surface area (Å²) in [4.78, 5) is 26.3. The highest BCUT2D eigenvalue weighted by molar-refractivity contribution is 6.31. The van der Waals surface area contributed by atoms with Crippen molar-refractivity contribution in [2.75, 3.05) is 11.9 Å². The number of carbonyl (C=O) groups is 1. The zero-order chi connectivity index (χ0) is 26.2. The van der Waals surface area contributed by atoms with E-state index in [1.807, 2.05) is 57.2 Å². The number of fused-ring (bicyclic) bond motifs is 1. The number of carbonyl (C=O) groups excluding carboxylic acids is 1. The summed E-state index contributed by atoms with van der Waals surface area (Å²) in [6.45, 7) is 11.9. The fourth-order valence-corrected chi connectivity index (χ4v) is 4.46. The van der Waals surface area contributed by atoms with Crippen molar-refractivity contribution in [1.82, 2.24) is 0 Å². The smallest absolute Gasteiger partial charge is 0.262 e. The van der Waals surface area contributed by atoms with Crippen molar-refractivity contribution in [3.8, 4) is 17.1 Å². The first-order valence-corrected chi connectivity index (χ1v) is 12.2. The first-order valence-electron chi connectivity index (χ1n) is 11.8. The molecule has 4 aromatic rings. The van der Waals surface area contributed by atoms with Crippen LogP contribution in [-0.4, -0.2) is 12.5 Å². The van der Waals surface area contributed by atoms with E-state index in [9.17, 15) is 9.59 Å². The normalized spacial score (nSPS) is 11.5.